The number of aliphatic hydroxyl groups is 1. The lowest BCUT2D eigenvalue weighted by molar-refractivity contribution is 0.191. The van der Waals surface area contributed by atoms with E-state index >= 15 is 0 Å². The standard InChI is InChI=1S/C15H23NOS/c1-12(2)10-16(13(3)4)11-15-14(6-5-8-17)7-9-18-15/h7,9,12-13,17H,8,10-11H2,1-4H3. The summed E-state index contributed by atoms with van der Waals surface area (Å²) in [5, 5.41) is 10.8. The molecule has 0 unspecified atom stereocenters. The Morgan fingerprint density at radius 3 is 2.61 bits per heavy atom. The van der Waals surface area contributed by atoms with Crippen molar-refractivity contribution >= 4 is 11.3 Å². The van der Waals surface area contributed by atoms with Crippen molar-refractivity contribution in [2.24, 2.45) is 5.92 Å². The highest BCUT2D eigenvalue weighted by Crippen LogP contribution is 2.20. The molecule has 0 aliphatic carbocycles. The zero-order valence-electron chi connectivity index (χ0n) is 11.7. The van der Waals surface area contributed by atoms with Crippen LogP contribution in [0.3, 0.4) is 0 Å². The average Bonchev–Trinajstić information content (AvgIpc) is 2.72. The van der Waals surface area contributed by atoms with Gasteiger partial charge in [-0.25, -0.2) is 0 Å². The van der Waals surface area contributed by atoms with E-state index in [0.29, 0.717) is 12.0 Å². The highest BCUT2D eigenvalue weighted by molar-refractivity contribution is 7.10. The first-order valence-electron chi connectivity index (χ1n) is 6.44. The molecule has 3 heteroatoms. The summed E-state index contributed by atoms with van der Waals surface area (Å²) >= 11 is 1.75. The number of nitrogens with zero attached hydrogens (tertiary/aromatic N) is 1. The molecule has 100 valence electrons. The largest absolute Gasteiger partial charge is 0.384 e. The van der Waals surface area contributed by atoms with E-state index < -0.39 is 0 Å². The molecule has 18 heavy (non-hydrogen) atoms. The minimum atomic E-state index is -0.0742. The second-order valence-corrected chi connectivity index (χ2v) is 6.14. The minimum Gasteiger partial charge on any atom is -0.384 e. The Kier molecular flexibility index (Phi) is 6.42. The third-order valence-electron chi connectivity index (χ3n) is 2.72. The fraction of sp³-hybridized carbons (Fsp3) is 0.600. The van der Waals surface area contributed by atoms with Crippen molar-refractivity contribution in [1.82, 2.24) is 4.90 Å². The molecular weight excluding hydrogens is 242 g/mol. The first-order chi connectivity index (χ1) is 8.54. The molecule has 0 aliphatic heterocycles. The van der Waals surface area contributed by atoms with Gasteiger partial charge in [0, 0.05) is 29.6 Å². The van der Waals surface area contributed by atoms with Gasteiger partial charge in [-0.05, 0) is 31.2 Å². The first kappa shape index (κ1) is 15.2. The van der Waals surface area contributed by atoms with E-state index in [1.165, 1.54) is 4.88 Å². The lowest BCUT2D eigenvalue weighted by Crippen LogP contribution is -2.33. The molecule has 1 aromatic rings. The summed E-state index contributed by atoms with van der Waals surface area (Å²) in [6.07, 6.45) is 0. The topological polar surface area (TPSA) is 23.5 Å². The molecule has 2 nitrogen and oxygen atoms in total. The predicted octanol–water partition coefficient (Wildman–Crippen LogP) is 2.96. The van der Waals surface area contributed by atoms with E-state index in [-0.39, 0.29) is 6.61 Å². The van der Waals surface area contributed by atoms with Gasteiger partial charge < -0.3 is 5.11 Å². The highest BCUT2D eigenvalue weighted by Gasteiger charge is 2.14. The zero-order chi connectivity index (χ0) is 13.5. The third kappa shape index (κ3) is 4.81. The molecule has 0 radical (unpaired) electrons. The quantitative estimate of drug-likeness (QED) is 0.827. The summed E-state index contributed by atoms with van der Waals surface area (Å²) in [5.41, 5.74) is 1.06. The van der Waals surface area contributed by atoms with Crippen LogP contribution in [0.5, 0.6) is 0 Å². The zero-order valence-corrected chi connectivity index (χ0v) is 12.5. The maximum absolute atomic E-state index is 8.76. The van der Waals surface area contributed by atoms with Crippen LogP contribution in [0.2, 0.25) is 0 Å². The summed E-state index contributed by atoms with van der Waals surface area (Å²) in [6.45, 7) is 10.9. The van der Waals surface area contributed by atoms with Gasteiger partial charge in [0.2, 0.25) is 0 Å². The van der Waals surface area contributed by atoms with Crippen molar-refractivity contribution in [1.29, 1.82) is 0 Å². The van der Waals surface area contributed by atoms with Gasteiger partial charge in [-0.3, -0.25) is 4.90 Å². The number of thiophene rings is 1. The predicted molar refractivity (Wildman–Crippen MR) is 78.7 cm³/mol. The smallest absolute Gasteiger partial charge is 0.104 e. The SMILES string of the molecule is CC(C)CN(Cc1sccc1C#CCO)C(C)C. The van der Waals surface area contributed by atoms with Gasteiger partial charge in [0.25, 0.3) is 0 Å². The maximum atomic E-state index is 8.76. The molecule has 1 rings (SSSR count). The Labute approximate surface area is 115 Å². The van der Waals surface area contributed by atoms with Crippen molar-refractivity contribution in [3.8, 4) is 11.8 Å². The van der Waals surface area contributed by atoms with Gasteiger partial charge in [0.1, 0.15) is 6.61 Å². The van der Waals surface area contributed by atoms with Gasteiger partial charge >= 0.3 is 0 Å². The molecule has 0 amide bonds. The Bertz CT molecular complexity index is 412. The minimum absolute atomic E-state index is 0.0742. The monoisotopic (exact) mass is 265 g/mol. The van der Waals surface area contributed by atoms with E-state index in [4.69, 9.17) is 5.11 Å². The van der Waals surface area contributed by atoms with Crippen molar-refractivity contribution in [2.75, 3.05) is 13.2 Å². The van der Waals surface area contributed by atoms with Crippen molar-refractivity contribution in [2.45, 2.75) is 40.3 Å². The number of hydrogen-bond acceptors (Lipinski definition) is 3. The van der Waals surface area contributed by atoms with Crippen molar-refractivity contribution < 1.29 is 5.11 Å². The second-order valence-electron chi connectivity index (χ2n) is 5.13. The molecule has 1 heterocycles. The Morgan fingerprint density at radius 1 is 1.33 bits per heavy atom. The van der Waals surface area contributed by atoms with Crippen LogP contribution in [-0.2, 0) is 6.54 Å². The maximum Gasteiger partial charge on any atom is 0.104 e. The second kappa shape index (κ2) is 7.58. The van der Waals surface area contributed by atoms with Crippen molar-refractivity contribution in [3.63, 3.8) is 0 Å². The van der Waals surface area contributed by atoms with Gasteiger partial charge in [0.05, 0.1) is 0 Å². The molecule has 0 fully saturated rings. The third-order valence-corrected chi connectivity index (χ3v) is 3.63. The van der Waals surface area contributed by atoms with E-state index in [1.807, 2.05) is 6.07 Å². The van der Waals surface area contributed by atoms with Crippen LogP contribution in [0.15, 0.2) is 11.4 Å². The molecular formula is C15H23NOS. The molecule has 1 N–H and O–H groups in total. The van der Waals surface area contributed by atoms with Gasteiger partial charge in [-0.15, -0.1) is 11.3 Å². The van der Waals surface area contributed by atoms with Crippen LogP contribution in [0.4, 0.5) is 0 Å². The summed E-state index contributed by atoms with van der Waals surface area (Å²) < 4.78 is 0. The average molecular weight is 265 g/mol. The molecule has 0 atom stereocenters. The van der Waals surface area contributed by atoms with Crippen LogP contribution in [0.1, 0.15) is 38.1 Å². The van der Waals surface area contributed by atoms with Gasteiger partial charge in [-0.2, -0.15) is 0 Å². The molecule has 0 bridgehead atoms. The van der Waals surface area contributed by atoms with Crippen LogP contribution in [0.25, 0.3) is 0 Å². The van der Waals surface area contributed by atoms with E-state index in [9.17, 15) is 0 Å². The summed E-state index contributed by atoms with van der Waals surface area (Å²) in [4.78, 5) is 3.77. The fourth-order valence-corrected chi connectivity index (χ4v) is 2.68. The Balaban J connectivity index is 2.77. The Morgan fingerprint density at radius 2 is 2.06 bits per heavy atom. The van der Waals surface area contributed by atoms with Crippen LogP contribution < -0.4 is 0 Å². The molecule has 0 saturated carbocycles. The summed E-state index contributed by atoms with van der Waals surface area (Å²) in [5.74, 6) is 6.42. The van der Waals surface area contributed by atoms with Gasteiger partial charge in [-0.1, -0.05) is 25.7 Å². The molecule has 0 saturated heterocycles. The van der Waals surface area contributed by atoms with Crippen molar-refractivity contribution in [3.05, 3.63) is 21.9 Å². The number of rotatable bonds is 5. The molecule has 0 spiro atoms. The summed E-state index contributed by atoms with van der Waals surface area (Å²) in [7, 11) is 0. The highest BCUT2D eigenvalue weighted by atomic mass is 32.1. The first-order valence-corrected chi connectivity index (χ1v) is 7.32. The summed E-state index contributed by atoms with van der Waals surface area (Å²) in [6, 6.07) is 2.57. The lowest BCUT2D eigenvalue weighted by atomic mass is 10.1. The van der Waals surface area contributed by atoms with E-state index in [0.717, 1.165) is 18.7 Å². The van der Waals surface area contributed by atoms with Crippen LogP contribution in [-0.4, -0.2) is 29.2 Å². The number of aliphatic hydroxyl groups excluding tert-OH is 1. The van der Waals surface area contributed by atoms with Crippen LogP contribution in [0, 0.1) is 17.8 Å². The fourth-order valence-electron chi connectivity index (χ4n) is 1.82. The van der Waals surface area contributed by atoms with Gasteiger partial charge in [0.15, 0.2) is 0 Å². The Hall–Kier alpha value is -0.820. The van der Waals surface area contributed by atoms with E-state index in [1.54, 1.807) is 11.3 Å². The molecule has 0 aromatic carbocycles. The van der Waals surface area contributed by atoms with Crippen LogP contribution >= 0.6 is 11.3 Å². The molecule has 0 aliphatic rings. The lowest BCUT2D eigenvalue weighted by Gasteiger charge is -2.27. The number of hydrogen-bond donors (Lipinski definition) is 1. The molecule has 1 aromatic heterocycles. The van der Waals surface area contributed by atoms with E-state index in [2.05, 4.69) is 49.8 Å². The normalized spacial score (nSPS) is 11.1.